The van der Waals surface area contributed by atoms with Crippen LogP contribution in [0.3, 0.4) is 0 Å². The molecule has 0 spiro atoms. The summed E-state index contributed by atoms with van der Waals surface area (Å²) in [6.07, 6.45) is 0. The monoisotopic (exact) mass is 433 g/mol. The predicted octanol–water partition coefficient (Wildman–Crippen LogP) is 4.18. The molecule has 0 aliphatic rings. The normalized spacial score (nSPS) is 11.1. The minimum absolute atomic E-state index is 0.132. The first-order chi connectivity index (χ1) is 12.5. The number of halogens is 1. The van der Waals surface area contributed by atoms with Gasteiger partial charge in [-0.25, -0.2) is 5.43 Å². The number of rotatable bonds is 7. The minimum Gasteiger partial charge on any atom is -0.326 e. The SMILES string of the molecule is CC(=O)Nc1cccc(/C(C)=N/NC(=O)CSCc2ccccc2Br)c1. The fourth-order valence-corrected chi connectivity index (χ4v) is 3.57. The molecule has 0 bridgehead atoms. The third kappa shape index (κ3) is 6.65. The van der Waals surface area contributed by atoms with Gasteiger partial charge in [-0.1, -0.05) is 46.3 Å². The zero-order valence-electron chi connectivity index (χ0n) is 14.6. The molecule has 0 unspecified atom stereocenters. The van der Waals surface area contributed by atoms with Crippen molar-refractivity contribution in [3.63, 3.8) is 0 Å². The van der Waals surface area contributed by atoms with Crippen LogP contribution in [-0.4, -0.2) is 23.3 Å². The third-order valence-corrected chi connectivity index (χ3v) is 5.15. The van der Waals surface area contributed by atoms with Crippen molar-refractivity contribution >= 4 is 50.9 Å². The van der Waals surface area contributed by atoms with Gasteiger partial charge in [0, 0.05) is 22.8 Å². The number of nitrogens with one attached hydrogen (secondary N) is 2. The number of benzene rings is 2. The van der Waals surface area contributed by atoms with Crippen molar-refractivity contribution in [1.29, 1.82) is 0 Å². The van der Waals surface area contributed by atoms with Crippen molar-refractivity contribution in [2.45, 2.75) is 19.6 Å². The molecule has 2 aromatic carbocycles. The van der Waals surface area contributed by atoms with Gasteiger partial charge in [-0.2, -0.15) is 5.10 Å². The number of hydrazone groups is 1. The standard InChI is InChI=1S/C19H20BrN3O2S/c1-13(15-7-5-8-17(10-15)21-14(2)24)22-23-19(25)12-26-11-16-6-3-4-9-18(16)20/h3-10H,11-12H2,1-2H3,(H,21,24)(H,23,25)/b22-13+. The fourth-order valence-electron chi connectivity index (χ4n) is 2.14. The summed E-state index contributed by atoms with van der Waals surface area (Å²) in [7, 11) is 0. The van der Waals surface area contributed by atoms with E-state index in [-0.39, 0.29) is 11.8 Å². The molecule has 2 N–H and O–H groups in total. The maximum atomic E-state index is 12.0. The fraction of sp³-hybridized carbons (Fsp3) is 0.211. The Morgan fingerprint density at radius 2 is 1.88 bits per heavy atom. The van der Waals surface area contributed by atoms with E-state index in [1.165, 1.54) is 18.7 Å². The van der Waals surface area contributed by atoms with Crippen LogP contribution in [0.5, 0.6) is 0 Å². The van der Waals surface area contributed by atoms with Gasteiger partial charge in [-0.15, -0.1) is 11.8 Å². The molecule has 0 fully saturated rings. The Labute approximate surface area is 165 Å². The van der Waals surface area contributed by atoms with Crippen molar-refractivity contribution < 1.29 is 9.59 Å². The number of hydrogen-bond acceptors (Lipinski definition) is 4. The molecule has 2 rings (SSSR count). The summed E-state index contributed by atoms with van der Waals surface area (Å²) in [6.45, 7) is 3.26. The largest absolute Gasteiger partial charge is 0.326 e. The van der Waals surface area contributed by atoms with Crippen LogP contribution < -0.4 is 10.7 Å². The van der Waals surface area contributed by atoms with Gasteiger partial charge in [0.25, 0.3) is 0 Å². The second kappa shape index (κ2) is 10.1. The Bertz CT molecular complexity index is 824. The first kappa shape index (κ1) is 20.2. The molecular weight excluding hydrogens is 414 g/mol. The molecule has 2 amide bonds. The number of carbonyl (C=O) groups excluding carboxylic acids is 2. The second-order valence-corrected chi connectivity index (χ2v) is 7.42. The predicted molar refractivity (Wildman–Crippen MR) is 111 cm³/mol. The van der Waals surface area contributed by atoms with Crippen LogP contribution in [0.15, 0.2) is 58.1 Å². The van der Waals surface area contributed by atoms with Gasteiger partial charge < -0.3 is 5.32 Å². The molecule has 0 saturated carbocycles. The summed E-state index contributed by atoms with van der Waals surface area (Å²) in [5.74, 6) is 0.784. The van der Waals surface area contributed by atoms with E-state index >= 15 is 0 Å². The highest BCUT2D eigenvalue weighted by Gasteiger charge is 2.05. The summed E-state index contributed by atoms with van der Waals surface area (Å²) in [6, 6.07) is 15.3. The molecule has 136 valence electrons. The van der Waals surface area contributed by atoms with Gasteiger partial charge in [0.05, 0.1) is 11.5 Å². The molecule has 0 heterocycles. The lowest BCUT2D eigenvalue weighted by Crippen LogP contribution is -2.21. The second-order valence-electron chi connectivity index (χ2n) is 5.58. The topological polar surface area (TPSA) is 70.6 Å². The van der Waals surface area contributed by atoms with Gasteiger partial charge in [0.15, 0.2) is 0 Å². The van der Waals surface area contributed by atoms with Crippen LogP contribution in [0.4, 0.5) is 5.69 Å². The highest BCUT2D eigenvalue weighted by Crippen LogP contribution is 2.21. The molecule has 0 aliphatic heterocycles. The van der Waals surface area contributed by atoms with E-state index in [2.05, 4.69) is 31.8 Å². The Morgan fingerprint density at radius 3 is 2.62 bits per heavy atom. The van der Waals surface area contributed by atoms with Crippen LogP contribution in [0, 0.1) is 0 Å². The quantitative estimate of drug-likeness (QED) is 0.508. The lowest BCUT2D eigenvalue weighted by molar-refractivity contribution is -0.118. The molecule has 0 aliphatic carbocycles. The van der Waals surface area contributed by atoms with E-state index in [1.807, 2.05) is 42.5 Å². The van der Waals surface area contributed by atoms with Crippen molar-refractivity contribution in [3.8, 4) is 0 Å². The number of hydrogen-bond donors (Lipinski definition) is 2. The smallest absolute Gasteiger partial charge is 0.250 e. The van der Waals surface area contributed by atoms with Gasteiger partial charge in [0.2, 0.25) is 11.8 Å². The van der Waals surface area contributed by atoms with E-state index in [0.29, 0.717) is 17.2 Å². The summed E-state index contributed by atoms with van der Waals surface area (Å²) in [4.78, 5) is 23.1. The van der Waals surface area contributed by atoms with Gasteiger partial charge in [0.1, 0.15) is 0 Å². The van der Waals surface area contributed by atoms with Gasteiger partial charge in [-0.3, -0.25) is 9.59 Å². The Kier molecular flexibility index (Phi) is 7.87. The molecular formula is C19H20BrN3O2S. The molecule has 26 heavy (non-hydrogen) atoms. The molecule has 0 saturated heterocycles. The van der Waals surface area contributed by atoms with Crippen LogP contribution in [0.1, 0.15) is 25.0 Å². The lowest BCUT2D eigenvalue weighted by Gasteiger charge is -2.06. The van der Waals surface area contributed by atoms with E-state index < -0.39 is 0 Å². The van der Waals surface area contributed by atoms with Crippen molar-refractivity contribution in [3.05, 3.63) is 64.1 Å². The first-order valence-electron chi connectivity index (χ1n) is 7.98. The van der Waals surface area contributed by atoms with Crippen LogP contribution in [0.25, 0.3) is 0 Å². The molecule has 0 aromatic heterocycles. The molecule has 7 heteroatoms. The number of thioether (sulfide) groups is 1. The lowest BCUT2D eigenvalue weighted by atomic mass is 10.1. The zero-order chi connectivity index (χ0) is 18.9. The first-order valence-corrected chi connectivity index (χ1v) is 9.93. The van der Waals surface area contributed by atoms with Crippen LogP contribution in [-0.2, 0) is 15.3 Å². The van der Waals surface area contributed by atoms with E-state index in [1.54, 1.807) is 13.0 Å². The Balaban J connectivity index is 1.85. The highest BCUT2D eigenvalue weighted by molar-refractivity contribution is 9.10. The van der Waals surface area contributed by atoms with E-state index in [0.717, 1.165) is 21.4 Å². The summed E-state index contributed by atoms with van der Waals surface area (Å²) in [5, 5.41) is 6.86. The van der Waals surface area contributed by atoms with Crippen LogP contribution >= 0.6 is 27.7 Å². The highest BCUT2D eigenvalue weighted by atomic mass is 79.9. The molecule has 2 aromatic rings. The maximum Gasteiger partial charge on any atom is 0.250 e. The molecule has 0 atom stereocenters. The minimum atomic E-state index is -0.153. The Morgan fingerprint density at radius 1 is 1.12 bits per heavy atom. The number of anilines is 1. The number of nitrogens with zero attached hydrogens (tertiary/aromatic N) is 1. The molecule has 5 nitrogen and oxygen atoms in total. The average molecular weight is 434 g/mol. The maximum absolute atomic E-state index is 12.0. The van der Waals surface area contributed by atoms with E-state index in [9.17, 15) is 9.59 Å². The number of carbonyl (C=O) groups is 2. The summed E-state index contributed by atoms with van der Waals surface area (Å²) < 4.78 is 1.04. The Hall–Kier alpha value is -2.12. The van der Waals surface area contributed by atoms with Crippen molar-refractivity contribution in [2.75, 3.05) is 11.1 Å². The van der Waals surface area contributed by atoms with Crippen molar-refractivity contribution in [1.82, 2.24) is 5.43 Å². The van der Waals surface area contributed by atoms with E-state index in [4.69, 9.17) is 0 Å². The third-order valence-electron chi connectivity index (χ3n) is 3.40. The van der Waals surface area contributed by atoms with Gasteiger partial charge in [-0.05, 0) is 36.2 Å². The summed E-state index contributed by atoms with van der Waals surface area (Å²) >= 11 is 5.02. The molecule has 0 radical (unpaired) electrons. The van der Waals surface area contributed by atoms with Gasteiger partial charge >= 0.3 is 0 Å². The van der Waals surface area contributed by atoms with Crippen LogP contribution in [0.2, 0.25) is 0 Å². The average Bonchev–Trinajstić information content (AvgIpc) is 2.61. The number of amides is 2. The zero-order valence-corrected chi connectivity index (χ0v) is 17.0. The van der Waals surface area contributed by atoms with Crippen molar-refractivity contribution in [2.24, 2.45) is 5.10 Å². The summed E-state index contributed by atoms with van der Waals surface area (Å²) in [5.41, 5.74) is 5.92.